The van der Waals surface area contributed by atoms with Gasteiger partial charge < -0.3 is 4.57 Å². The van der Waals surface area contributed by atoms with E-state index in [1.54, 1.807) is 30.3 Å². The molecule has 206 valence electrons. The van der Waals surface area contributed by atoms with E-state index in [2.05, 4.69) is 15.3 Å². The highest BCUT2D eigenvalue weighted by atomic mass is 32.2. The van der Waals surface area contributed by atoms with Crippen LogP contribution in [0.3, 0.4) is 0 Å². The van der Waals surface area contributed by atoms with Crippen molar-refractivity contribution in [1.82, 2.24) is 24.5 Å². The van der Waals surface area contributed by atoms with Crippen LogP contribution in [0.4, 0.5) is 22.0 Å². The largest absolute Gasteiger partial charge is 0.434 e. The fraction of sp³-hybridized carbons (Fsp3) is 0.148. The van der Waals surface area contributed by atoms with Crippen LogP contribution in [0.5, 0.6) is 0 Å². The van der Waals surface area contributed by atoms with Gasteiger partial charge >= 0.3 is 6.18 Å². The van der Waals surface area contributed by atoms with Crippen LogP contribution in [-0.2, 0) is 16.0 Å². The Balaban J connectivity index is 1.72. The number of aromatic nitrogens is 5. The first-order valence-corrected chi connectivity index (χ1v) is 13.6. The number of imidazole rings is 1. The number of hydrogen-bond donors (Lipinski definition) is 0. The maximum atomic E-state index is 13.5. The van der Waals surface area contributed by atoms with Crippen LogP contribution in [0, 0.1) is 6.92 Å². The molecule has 2 aromatic heterocycles. The summed E-state index contributed by atoms with van der Waals surface area (Å²) in [4.78, 5) is 3.76. The molecule has 0 bridgehead atoms. The van der Waals surface area contributed by atoms with E-state index in [9.17, 15) is 30.4 Å². The molecular weight excluding hydrogens is 553 g/mol. The Bertz CT molecular complexity index is 1810. The minimum atomic E-state index is -4.67. The summed E-state index contributed by atoms with van der Waals surface area (Å²) in [7, 11) is -3.51. The van der Waals surface area contributed by atoms with Gasteiger partial charge in [-0.25, -0.2) is 26.9 Å². The van der Waals surface area contributed by atoms with E-state index in [4.69, 9.17) is 0 Å². The van der Waals surface area contributed by atoms with Crippen molar-refractivity contribution < 1.29 is 30.4 Å². The Labute approximate surface area is 225 Å². The molecule has 13 heteroatoms. The highest BCUT2D eigenvalue weighted by Crippen LogP contribution is 2.34. The highest BCUT2D eigenvalue weighted by Gasteiger charge is 2.34. The number of alkyl halides is 5. The van der Waals surface area contributed by atoms with Crippen LogP contribution in [0.15, 0.2) is 84.0 Å². The number of sulfone groups is 1. The Kier molecular flexibility index (Phi) is 6.78. The number of nitrogens with zero attached hydrogens (tertiary/aromatic N) is 5. The molecule has 7 nitrogen and oxygen atoms in total. The van der Waals surface area contributed by atoms with E-state index in [-0.39, 0.29) is 22.0 Å². The lowest BCUT2D eigenvalue weighted by Gasteiger charge is -2.16. The SMILES string of the molecule is Cc1nc(C(F)(F)F)cn1-c1ccc(-c2cccc(S(C)(=O)=O)c2)cc1-n1nncc1-c1ccc(C(F)F)cc1. The molecule has 0 amide bonds. The third-order valence-electron chi connectivity index (χ3n) is 6.24. The van der Waals surface area contributed by atoms with Crippen molar-refractivity contribution in [3.05, 3.63) is 96.2 Å². The van der Waals surface area contributed by atoms with Crippen molar-refractivity contribution in [1.29, 1.82) is 0 Å². The molecule has 40 heavy (non-hydrogen) atoms. The first-order chi connectivity index (χ1) is 18.8. The molecule has 0 fully saturated rings. The van der Waals surface area contributed by atoms with E-state index in [0.29, 0.717) is 28.1 Å². The maximum Gasteiger partial charge on any atom is 0.434 e. The number of benzene rings is 3. The molecule has 0 aliphatic rings. The molecule has 5 aromatic rings. The Morgan fingerprint density at radius 2 is 1.55 bits per heavy atom. The average molecular weight is 574 g/mol. The summed E-state index contributed by atoms with van der Waals surface area (Å²) in [5.74, 6) is 0.0587. The molecule has 3 aromatic carbocycles. The number of aryl methyl sites for hydroxylation is 1. The van der Waals surface area contributed by atoms with Gasteiger partial charge in [-0.2, -0.15) is 13.2 Å². The van der Waals surface area contributed by atoms with Crippen LogP contribution in [0.1, 0.15) is 23.5 Å². The van der Waals surface area contributed by atoms with Crippen molar-refractivity contribution in [2.75, 3.05) is 6.26 Å². The molecule has 0 atom stereocenters. The normalized spacial score (nSPS) is 12.3. The van der Waals surface area contributed by atoms with Gasteiger partial charge in [0.1, 0.15) is 5.82 Å². The van der Waals surface area contributed by atoms with Crippen molar-refractivity contribution >= 4 is 9.84 Å². The predicted octanol–water partition coefficient (Wildman–Crippen LogP) is 6.46. The minimum absolute atomic E-state index is 0.0587. The molecule has 0 aliphatic carbocycles. The zero-order valence-electron chi connectivity index (χ0n) is 20.9. The lowest BCUT2D eigenvalue weighted by atomic mass is 10.0. The van der Waals surface area contributed by atoms with Crippen molar-refractivity contribution in [2.45, 2.75) is 24.4 Å². The second kappa shape index (κ2) is 9.97. The maximum absolute atomic E-state index is 13.5. The van der Waals surface area contributed by atoms with Gasteiger partial charge in [-0.1, -0.05) is 47.7 Å². The molecule has 0 saturated heterocycles. The van der Waals surface area contributed by atoms with Gasteiger partial charge in [-0.15, -0.1) is 5.10 Å². The number of halogens is 5. The van der Waals surface area contributed by atoms with Gasteiger partial charge in [0.2, 0.25) is 0 Å². The first-order valence-electron chi connectivity index (χ1n) is 11.7. The molecule has 0 radical (unpaired) electrons. The first kappa shape index (κ1) is 27.2. The molecule has 0 N–H and O–H groups in total. The monoisotopic (exact) mass is 573 g/mol. The second-order valence-electron chi connectivity index (χ2n) is 9.00. The van der Waals surface area contributed by atoms with Gasteiger partial charge in [-0.3, -0.25) is 0 Å². The number of rotatable bonds is 6. The molecule has 5 rings (SSSR count). The summed E-state index contributed by atoms with van der Waals surface area (Å²) in [6.45, 7) is 1.42. The van der Waals surface area contributed by atoms with Crippen LogP contribution >= 0.6 is 0 Å². The molecule has 0 aliphatic heterocycles. The molecule has 0 saturated carbocycles. The van der Waals surface area contributed by atoms with Gasteiger partial charge in [-0.05, 0) is 42.3 Å². The fourth-order valence-corrected chi connectivity index (χ4v) is 4.91. The molecule has 2 heterocycles. The van der Waals surface area contributed by atoms with Gasteiger partial charge in [0.15, 0.2) is 15.5 Å². The van der Waals surface area contributed by atoms with Crippen molar-refractivity contribution in [3.8, 4) is 33.8 Å². The summed E-state index contributed by atoms with van der Waals surface area (Å²) >= 11 is 0. The molecular formula is C27H20F5N5O2S. The Hall–Kier alpha value is -4.39. The average Bonchev–Trinajstić information content (AvgIpc) is 3.55. The van der Waals surface area contributed by atoms with Crippen molar-refractivity contribution in [2.24, 2.45) is 0 Å². The zero-order chi connectivity index (χ0) is 28.8. The van der Waals surface area contributed by atoms with Crippen LogP contribution < -0.4 is 0 Å². The standard InChI is InChI=1S/C27H20F5N5O2S/c1-16-34-25(27(30,31)32)15-36(16)22-11-10-20(19-4-3-5-21(12-19)40(2,38)39)13-23(22)37-24(14-33-35-37)17-6-8-18(9-7-17)26(28)29/h3-15,26H,1-2H3. The van der Waals surface area contributed by atoms with Crippen LogP contribution in [0.2, 0.25) is 0 Å². The molecule has 0 spiro atoms. The smallest absolute Gasteiger partial charge is 0.301 e. The quantitative estimate of drug-likeness (QED) is 0.218. The number of hydrogen-bond acceptors (Lipinski definition) is 5. The Morgan fingerprint density at radius 3 is 2.17 bits per heavy atom. The summed E-state index contributed by atoms with van der Waals surface area (Å²) < 4.78 is 93.5. The zero-order valence-corrected chi connectivity index (χ0v) is 21.8. The van der Waals surface area contributed by atoms with E-state index in [1.165, 1.54) is 58.8 Å². The third kappa shape index (κ3) is 5.24. The van der Waals surface area contributed by atoms with Gasteiger partial charge in [0, 0.05) is 23.6 Å². The van der Waals surface area contributed by atoms with Crippen LogP contribution in [0.25, 0.3) is 33.8 Å². The van der Waals surface area contributed by atoms with Gasteiger partial charge in [0.05, 0.1) is 28.2 Å². The van der Waals surface area contributed by atoms with Crippen molar-refractivity contribution in [3.63, 3.8) is 0 Å². The topological polar surface area (TPSA) is 82.7 Å². The summed E-state index contributed by atoms with van der Waals surface area (Å²) in [6, 6.07) is 16.5. The van der Waals surface area contributed by atoms with Crippen LogP contribution in [-0.4, -0.2) is 39.2 Å². The summed E-state index contributed by atoms with van der Waals surface area (Å²) in [5.41, 5.74) is 1.28. The van der Waals surface area contributed by atoms with E-state index >= 15 is 0 Å². The second-order valence-corrected chi connectivity index (χ2v) is 11.0. The van der Waals surface area contributed by atoms with Gasteiger partial charge in [0.25, 0.3) is 6.43 Å². The molecule has 0 unspecified atom stereocenters. The third-order valence-corrected chi connectivity index (χ3v) is 7.35. The fourth-order valence-electron chi connectivity index (χ4n) is 4.24. The highest BCUT2D eigenvalue weighted by molar-refractivity contribution is 7.90. The minimum Gasteiger partial charge on any atom is -0.301 e. The lowest BCUT2D eigenvalue weighted by Crippen LogP contribution is -2.07. The summed E-state index contributed by atoms with van der Waals surface area (Å²) in [5, 5.41) is 8.11. The van der Waals surface area contributed by atoms with E-state index in [1.807, 2.05) is 0 Å². The van der Waals surface area contributed by atoms with E-state index in [0.717, 1.165) is 12.5 Å². The summed E-state index contributed by atoms with van der Waals surface area (Å²) in [6.07, 6.45) is -3.98. The predicted molar refractivity (Wildman–Crippen MR) is 137 cm³/mol. The Morgan fingerprint density at radius 1 is 0.875 bits per heavy atom. The lowest BCUT2D eigenvalue weighted by molar-refractivity contribution is -0.141. The van der Waals surface area contributed by atoms with E-state index < -0.39 is 28.1 Å².